The molecule has 6 heteroatoms. The molecule has 16 heavy (non-hydrogen) atoms. The lowest BCUT2D eigenvalue weighted by molar-refractivity contribution is 0.275. The molecule has 90 valence electrons. The molecule has 4 nitrogen and oxygen atoms in total. The highest BCUT2D eigenvalue weighted by Gasteiger charge is 2.11. The van der Waals surface area contributed by atoms with Crippen LogP contribution < -0.4 is 4.43 Å². The number of benzene rings is 1. The number of hydrogen-bond donors (Lipinski definition) is 3. The fourth-order valence-corrected chi connectivity index (χ4v) is 1.39. The summed E-state index contributed by atoms with van der Waals surface area (Å²) in [6.45, 7) is 6.74. The fourth-order valence-electron chi connectivity index (χ4n) is 1.05. The van der Waals surface area contributed by atoms with Crippen molar-refractivity contribution in [1.29, 1.82) is 0 Å². The molecule has 0 unspecified atom stereocenters. The van der Waals surface area contributed by atoms with E-state index in [0.717, 1.165) is 16.3 Å². The van der Waals surface area contributed by atoms with Crippen molar-refractivity contribution >= 4 is 28.5 Å². The average molecular weight is 260 g/mol. The highest BCUT2D eigenvalue weighted by Crippen LogP contribution is 2.25. The molecule has 0 aliphatic heterocycles. The molecule has 0 aliphatic rings. The van der Waals surface area contributed by atoms with Crippen LogP contribution in [-0.4, -0.2) is 31.0 Å². The van der Waals surface area contributed by atoms with Gasteiger partial charge in [-0.15, -0.1) is 4.43 Å². The topological polar surface area (TPSA) is 77.8 Å². The Kier molecular flexibility index (Phi) is 5.92. The van der Waals surface area contributed by atoms with Gasteiger partial charge in [0.2, 0.25) is 0 Å². The summed E-state index contributed by atoms with van der Waals surface area (Å²) >= 11 is 1.16. The molecule has 1 aromatic carbocycles. The van der Waals surface area contributed by atoms with E-state index in [4.69, 9.17) is 19.2 Å². The summed E-state index contributed by atoms with van der Waals surface area (Å²) in [7, 11) is -4.64. The van der Waals surface area contributed by atoms with E-state index in [2.05, 4.69) is 45.0 Å². The van der Waals surface area contributed by atoms with Gasteiger partial charge in [0.1, 0.15) is 0 Å². The van der Waals surface area contributed by atoms with E-state index < -0.39 is 7.82 Å². The van der Waals surface area contributed by atoms with E-state index in [1.54, 1.807) is 0 Å². The van der Waals surface area contributed by atoms with E-state index >= 15 is 0 Å². The molecule has 0 atom stereocenters. The Morgan fingerprint density at radius 2 is 1.38 bits per heavy atom. The lowest BCUT2D eigenvalue weighted by Crippen LogP contribution is -2.12. The molecule has 0 aromatic heterocycles. The van der Waals surface area contributed by atoms with Crippen LogP contribution in [0.3, 0.4) is 0 Å². The molecule has 0 saturated carbocycles. The number of hydrogen-bond acceptors (Lipinski definition) is 1. The van der Waals surface area contributed by atoms with Crippen LogP contribution in [0.5, 0.6) is 0 Å². The molecule has 0 spiro atoms. The zero-order valence-corrected chi connectivity index (χ0v) is 12.9. The van der Waals surface area contributed by atoms with Crippen LogP contribution in [-0.2, 0) is 9.98 Å². The first-order chi connectivity index (χ1) is 7.00. The lowest BCUT2D eigenvalue weighted by Gasteiger charge is -2.18. The average Bonchev–Trinajstić information content (AvgIpc) is 1.99. The van der Waals surface area contributed by atoms with Crippen molar-refractivity contribution in [2.45, 2.75) is 26.2 Å². The van der Waals surface area contributed by atoms with Gasteiger partial charge in [-0.05, 0) is 11.0 Å². The second-order valence-electron chi connectivity index (χ2n) is 4.63. The van der Waals surface area contributed by atoms with Gasteiger partial charge in [-0.2, -0.15) is 0 Å². The molecule has 0 amide bonds. The second-order valence-corrected chi connectivity index (χ2v) is 6.81. The molecule has 0 saturated heterocycles. The van der Waals surface area contributed by atoms with Gasteiger partial charge in [0.25, 0.3) is 16.3 Å². The molecule has 3 N–H and O–H groups in total. The standard InChI is InChI=1S/C10H13.Al.H3O4P.2H/c1-10(2,3)9-7-5-4-6-8-9;;1-5(2,3)4;;/h5-8H,1-3H3;;(H3,1,2,3,4);;. The Bertz CT molecular complexity index is 355. The van der Waals surface area contributed by atoms with Gasteiger partial charge in [-0.3, -0.25) is 0 Å². The van der Waals surface area contributed by atoms with Crippen molar-refractivity contribution < 1.29 is 19.2 Å². The molecular formula is C10H18AlO4P. The first-order valence-corrected chi connectivity index (χ1v) is 7.42. The van der Waals surface area contributed by atoms with Crippen LogP contribution >= 0.6 is 7.82 Å². The van der Waals surface area contributed by atoms with E-state index in [9.17, 15) is 0 Å². The zero-order chi connectivity index (χ0) is 13.0. The summed E-state index contributed by atoms with van der Waals surface area (Å²) in [5.74, 6) is 0. The predicted molar refractivity (Wildman–Crippen MR) is 67.6 cm³/mol. The van der Waals surface area contributed by atoms with Crippen LogP contribution in [0.15, 0.2) is 24.3 Å². The van der Waals surface area contributed by atoms with Crippen LogP contribution in [0.25, 0.3) is 0 Å². The summed E-state index contributed by atoms with van der Waals surface area (Å²) in [4.78, 5) is 21.6. The normalized spacial score (nSPS) is 11.6. The molecule has 0 bridgehead atoms. The van der Waals surface area contributed by atoms with Gasteiger partial charge in [-0.25, -0.2) is 4.57 Å². The maximum Gasteiger partial charge on any atom is 0.466 e. The van der Waals surface area contributed by atoms with Crippen molar-refractivity contribution in [2.75, 3.05) is 0 Å². The third-order valence-electron chi connectivity index (χ3n) is 1.92. The zero-order valence-electron chi connectivity index (χ0n) is 10.0. The lowest BCUT2D eigenvalue weighted by atomic mass is 9.87. The first kappa shape index (κ1) is 15.9. The smallest absolute Gasteiger partial charge is 0.303 e. The molecule has 0 aliphatic carbocycles. The highest BCUT2D eigenvalue weighted by atomic mass is 31.2. The van der Waals surface area contributed by atoms with Crippen molar-refractivity contribution in [3.05, 3.63) is 29.8 Å². The minimum absolute atomic E-state index is 0.301. The molecular weight excluding hydrogens is 242 g/mol. The van der Waals surface area contributed by atoms with Crippen LogP contribution in [0.4, 0.5) is 0 Å². The third kappa shape index (κ3) is 9.11. The van der Waals surface area contributed by atoms with E-state index in [-0.39, 0.29) is 0 Å². The van der Waals surface area contributed by atoms with Gasteiger partial charge in [0.15, 0.2) is 0 Å². The largest absolute Gasteiger partial charge is 0.466 e. The highest BCUT2D eigenvalue weighted by molar-refractivity contribution is 7.45. The maximum atomic E-state index is 8.88. The molecule has 1 rings (SSSR count). The molecule has 0 fully saturated rings. The van der Waals surface area contributed by atoms with E-state index in [1.165, 1.54) is 9.99 Å². The maximum absolute atomic E-state index is 8.88. The molecule has 0 heterocycles. The van der Waals surface area contributed by atoms with Crippen molar-refractivity contribution in [3.63, 3.8) is 0 Å². The van der Waals surface area contributed by atoms with Gasteiger partial charge in [-0.1, -0.05) is 45.0 Å². The van der Waals surface area contributed by atoms with E-state index in [1.807, 2.05) is 0 Å². The molecule has 1 aromatic rings. The quantitative estimate of drug-likeness (QED) is 0.463. The Balaban J connectivity index is 0.000000385. The third-order valence-corrected chi connectivity index (χ3v) is 2.58. The first-order valence-electron chi connectivity index (χ1n) is 4.85. The summed E-state index contributed by atoms with van der Waals surface area (Å²) in [6.07, 6.45) is 0. The summed E-state index contributed by atoms with van der Waals surface area (Å²) < 4.78 is 10.4. The summed E-state index contributed by atoms with van der Waals surface area (Å²) in [5.41, 5.74) is 1.73. The minimum atomic E-state index is -4.64. The van der Waals surface area contributed by atoms with Gasteiger partial charge in [0, 0.05) is 0 Å². The van der Waals surface area contributed by atoms with E-state index in [0.29, 0.717) is 5.41 Å². The SMILES string of the molecule is CC(C)(C)c1cc[c]([AlH2])cc1.O=P(O)(O)O. The van der Waals surface area contributed by atoms with Crippen LogP contribution in [0.1, 0.15) is 26.3 Å². The Morgan fingerprint density at radius 3 is 1.62 bits per heavy atom. The number of rotatable bonds is 0. The Labute approximate surface area is 104 Å². The van der Waals surface area contributed by atoms with Crippen molar-refractivity contribution in [3.8, 4) is 0 Å². The van der Waals surface area contributed by atoms with Gasteiger partial charge in [0.05, 0.1) is 0 Å². The van der Waals surface area contributed by atoms with Gasteiger partial charge < -0.3 is 14.7 Å². The summed E-state index contributed by atoms with van der Waals surface area (Å²) in [6, 6.07) is 8.93. The van der Waals surface area contributed by atoms with Crippen LogP contribution in [0, 0.1) is 0 Å². The monoisotopic (exact) mass is 260 g/mol. The Hall–Kier alpha value is -0.138. The van der Waals surface area contributed by atoms with Crippen LogP contribution in [0.2, 0.25) is 0 Å². The minimum Gasteiger partial charge on any atom is -0.303 e. The second kappa shape index (κ2) is 5.98. The van der Waals surface area contributed by atoms with Gasteiger partial charge >= 0.3 is 7.82 Å². The Morgan fingerprint density at radius 1 is 1.06 bits per heavy atom. The fraction of sp³-hybridized carbons (Fsp3) is 0.400. The number of phosphoric acid groups is 1. The molecule has 0 radical (unpaired) electrons. The van der Waals surface area contributed by atoms with Crippen molar-refractivity contribution in [2.24, 2.45) is 0 Å². The summed E-state index contributed by atoms with van der Waals surface area (Å²) in [5, 5.41) is 0. The van der Waals surface area contributed by atoms with Crippen molar-refractivity contribution in [1.82, 2.24) is 0 Å². The predicted octanol–water partition coefficient (Wildman–Crippen LogP) is 0.314.